The quantitative estimate of drug-likeness (QED) is 0.273. The van der Waals surface area contributed by atoms with Crippen molar-refractivity contribution in [3.05, 3.63) is 72.3 Å². The fourth-order valence-corrected chi connectivity index (χ4v) is 4.83. The summed E-state index contributed by atoms with van der Waals surface area (Å²) < 4.78 is 17.6. The third kappa shape index (κ3) is 4.24. The van der Waals surface area contributed by atoms with Crippen molar-refractivity contribution in [3.63, 3.8) is 0 Å². The summed E-state index contributed by atoms with van der Waals surface area (Å²) >= 11 is 0. The van der Waals surface area contributed by atoms with E-state index in [0.29, 0.717) is 13.2 Å². The molecule has 0 bridgehead atoms. The number of likely N-dealkylation sites (N-methyl/N-ethyl adjacent to an activating group) is 1. The molecular formula is C28H33NO4. The van der Waals surface area contributed by atoms with Crippen molar-refractivity contribution < 1.29 is 19.0 Å². The van der Waals surface area contributed by atoms with Crippen LogP contribution >= 0.6 is 0 Å². The molecule has 2 aliphatic heterocycles. The van der Waals surface area contributed by atoms with Crippen LogP contribution in [0.5, 0.6) is 11.5 Å². The molecule has 5 nitrogen and oxygen atoms in total. The smallest absolute Gasteiger partial charge is 0.330 e. The van der Waals surface area contributed by atoms with E-state index in [1.807, 2.05) is 18.2 Å². The molecule has 4 rings (SSSR count). The van der Waals surface area contributed by atoms with Crippen molar-refractivity contribution in [1.82, 2.24) is 0 Å². The highest BCUT2D eigenvalue weighted by Gasteiger charge is 2.57. The molecule has 2 heterocycles. The maximum atomic E-state index is 11.0. The largest absolute Gasteiger partial charge is 0.494 e. The summed E-state index contributed by atoms with van der Waals surface area (Å²) in [5.74, 6) is 1.36. The zero-order valence-corrected chi connectivity index (χ0v) is 19.8. The zero-order valence-electron chi connectivity index (χ0n) is 19.8. The Bertz CT molecular complexity index is 1060. The van der Waals surface area contributed by atoms with E-state index < -0.39 is 5.72 Å². The maximum Gasteiger partial charge on any atom is 0.330 e. The molecule has 2 aromatic rings. The number of fused-ring (bicyclic) bond motifs is 2. The van der Waals surface area contributed by atoms with E-state index >= 15 is 0 Å². The lowest BCUT2D eigenvalue weighted by Crippen LogP contribution is -2.58. The summed E-state index contributed by atoms with van der Waals surface area (Å²) in [6.45, 7) is 8.97. The van der Waals surface area contributed by atoms with Gasteiger partial charge in [0.15, 0.2) is 0 Å². The fraction of sp³-hybridized carbons (Fsp3) is 0.393. The standard InChI is InChI=1S/C28H33NO4/c1-5-26(30)32-19-11-7-6-10-18-31-22-14-15-25-21(20-22)16-17-28(33-25)27(2,3)23-12-8-9-13-24(23)29(28)4/h5,8-9,12-17,20H,1,6-7,10-11,18-19H2,2-4H3. The summed E-state index contributed by atoms with van der Waals surface area (Å²) in [5, 5.41) is 0. The summed E-state index contributed by atoms with van der Waals surface area (Å²) in [5.41, 5.74) is 2.76. The molecule has 0 saturated carbocycles. The van der Waals surface area contributed by atoms with Crippen LogP contribution in [0.4, 0.5) is 5.69 Å². The Hall–Kier alpha value is -3.21. The van der Waals surface area contributed by atoms with Crippen LogP contribution in [0, 0.1) is 0 Å². The van der Waals surface area contributed by atoms with Gasteiger partial charge in [0.05, 0.1) is 18.6 Å². The molecule has 0 aliphatic carbocycles. The molecule has 0 aromatic heterocycles. The van der Waals surface area contributed by atoms with Gasteiger partial charge in [-0.3, -0.25) is 0 Å². The Morgan fingerprint density at radius 1 is 1.09 bits per heavy atom. The monoisotopic (exact) mass is 447 g/mol. The first kappa shape index (κ1) is 23.0. The normalized spacial score (nSPS) is 19.5. The highest BCUT2D eigenvalue weighted by Crippen LogP contribution is 2.54. The van der Waals surface area contributed by atoms with Gasteiger partial charge in [0, 0.05) is 24.4 Å². The van der Waals surface area contributed by atoms with Crippen LogP contribution in [0.3, 0.4) is 0 Å². The van der Waals surface area contributed by atoms with Crippen LogP contribution < -0.4 is 14.4 Å². The lowest BCUT2D eigenvalue weighted by Gasteiger charge is -2.45. The number of nitrogens with zero attached hydrogens (tertiary/aromatic N) is 1. The minimum Gasteiger partial charge on any atom is -0.494 e. The topological polar surface area (TPSA) is 48.0 Å². The predicted octanol–water partition coefficient (Wildman–Crippen LogP) is 5.88. The predicted molar refractivity (Wildman–Crippen MR) is 132 cm³/mol. The van der Waals surface area contributed by atoms with E-state index in [-0.39, 0.29) is 11.4 Å². The molecule has 0 radical (unpaired) electrons. The van der Waals surface area contributed by atoms with Gasteiger partial charge < -0.3 is 19.1 Å². The van der Waals surface area contributed by atoms with E-state index in [9.17, 15) is 4.79 Å². The minimum atomic E-state index is -0.563. The van der Waals surface area contributed by atoms with Gasteiger partial charge in [-0.25, -0.2) is 4.79 Å². The Morgan fingerprint density at radius 3 is 2.61 bits per heavy atom. The average Bonchev–Trinajstić information content (AvgIpc) is 2.99. The van der Waals surface area contributed by atoms with E-state index in [1.54, 1.807) is 0 Å². The van der Waals surface area contributed by atoms with Crippen molar-refractivity contribution in [2.75, 3.05) is 25.2 Å². The third-order valence-corrected chi connectivity index (χ3v) is 6.79. The molecular weight excluding hydrogens is 414 g/mol. The van der Waals surface area contributed by atoms with E-state index in [2.05, 4.69) is 68.8 Å². The second kappa shape index (κ2) is 9.34. The maximum absolute atomic E-state index is 11.0. The molecule has 5 heteroatoms. The van der Waals surface area contributed by atoms with E-state index in [0.717, 1.165) is 42.7 Å². The van der Waals surface area contributed by atoms with Crippen LogP contribution in [-0.2, 0) is 14.9 Å². The number of carbonyl (C=O) groups is 1. The van der Waals surface area contributed by atoms with Gasteiger partial charge in [-0.05, 0) is 81.5 Å². The van der Waals surface area contributed by atoms with E-state index in [1.165, 1.54) is 17.3 Å². The number of hydrogen-bond acceptors (Lipinski definition) is 5. The molecule has 1 atom stereocenters. The molecule has 0 N–H and O–H groups in total. The van der Waals surface area contributed by atoms with Crippen LogP contribution in [-0.4, -0.2) is 32.0 Å². The van der Waals surface area contributed by atoms with E-state index in [4.69, 9.17) is 14.2 Å². The lowest BCUT2D eigenvalue weighted by molar-refractivity contribution is -0.137. The fourth-order valence-electron chi connectivity index (χ4n) is 4.83. The van der Waals surface area contributed by atoms with Gasteiger partial charge in [-0.1, -0.05) is 24.8 Å². The van der Waals surface area contributed by atoms with Crippen LogP contribution in [0.1, 0.15) is 50.7 Å². The number of esters is 1. The number of anilines is 1. The molecule has 0 amide bonds. The molecule has 0 fully saturated rings. The summed E-state index contributed by atoms with van der Waals surface area (Å²) in [6, 6.07) is 14.6. The first-order valence-electron chi connectivity index (χ1n) is 11.7. The van der Waals surface area contributed by atoms with Gasteiger partial charge in [0.2, 0.25) is 5.72 Å². The zero-order chi connectivity index (χ0) is 23.5. The molecule has 174 valence electrons. The summed E-state index contributed by atoms with van der Waals surface area (Å²) in [4.78, 5) is 13.2. The molecule has 0 saturated heterocycles. The highest BCUT2D eigenvalue weighted by atomic mass is 16.5. The SMILES string of the molecule is C=CC(=O)OCCCCCCOc1ccc2c(c1)C=CC1(O2)N(C)c2ccccc2C1(C)C. The van der Waals surface area contributed by atoms with Crippen molar-refractivity contribution in [1.29, 1.82) is 0 Å². The number of unbranched alkanes of at least 4 members (excludes halogenated alkanes) is 3. The Kier molecular flexibility index (Phi) is 6.50. The number of hydrogen-bond donors (Lipinski definition) is 0. The van der Waals surface area contributed by atoms with Crippen LogP contribution in [0.25, 0.3) is 6.08 Å². The minimum absolute atomic E-state index is 0.203. The van der Waals surface area contributed by atoms with Gasteiger partial charge >= 0.3 is 5.97 Å². The Labute approximate surface area is 196 Å². The highest BCUT2D eigenvalue weighted by molar-refractivity contribution is 5.81. The molecule has 2 aromatic carbocycles. The van der Waals surface area contributed by atoms with Crippen molar-refractivity contribution in [2.24, 2.45) is 0 Å². The second-order valence-electron chi connectivity index (χ2n) is 9.17. The summed E-state index contributed by atoms with van der Waals surface area (Å²) in [7, 11) is 2.10. The third-order valence-electron chi connectivity index (χ3n) is 6.79. The van der Waals surface area contributed by atoms with Crippen LogP contribution in [0.15, 0.2) is 61.2 Å². The molecule has 33 heavy (non-hydrogen) atoms. The van der Waals surface area contributed by atoms with Gasteiger partial charge in [-0.15, -0.1) is 0 Å². The van der Waals surface area contributed by atoms with Gasteiger partial charge in [0.1, 0.15) is 11.5 Å². The molecule has 1 unspecified atom stereocenters. The first-order valence-corrected chi connectivity index (χ1v) is 11.7. The second-order valence-corrected chi connectivity index (χ2v) is 9.17. The average molecular weight is 448 g/mol. The lowest BCUT2D eigenvalue weighted by atomic mass is 9.76. The Balaban J connectivity index is 1.33. The number of carbonyl (C=O) groups excluding carboxylic acids is 1. The first-order chi connectivity index (χ1) is 15.9. The molecule has 2 aliphatic rings. The number of benzene rings is 2. The summed E-state index contributed by atoms with van der Waals surface area (Å²) in [6.07, 6.45) is 9.37. The number of para-hydroxylation sites is 1. The number of ether oxygens (including phenoxy) is 3. The number of rotatable bonds is 9. The van der Waals surface area contributed by atoms with Crippen LogP contribution in [0.2, 0.25) is 0 Å². The molecule has 1 spiro atoms. The van der Waals surface area contributed by atoms with Crippen molar-refractivity contribution >= 4 is 17.7 Å². The van der Waals surface area contributed by atoms with Gasteiger partial charge in [0.25, 0.3) is 0 Å². The van der Waals surface area contributed by atoms with Gasteiger partial charge in [-0.2, -0.15) is 0 Å². The van der Waals surface area contributed by atoms with Crippen molar-refractivity contribution in [3.8, 4) is 11.5 Å². The Morgan fingerprint density at radius 2 is 1.85 bits per heavy atom. The van der Waals surface area contributed by atoms with Crippen molar-refractivity contribution in [2.45, 2.75) is 50.7 Å².